The molecule has 1 N–H and O–H groups in total. The average Bonchev–Trinajstić information content (AvgIpc) is 2.51. The Bertz CT molecular complexity index is 837. The minimum absolute atomic E-state index is 0.102. The molecule has 0 unspecified atom stereocenters. The number of amides is 1. The molecule has 2 aromatic carbocycles. The Morgan fingerprint density at radius 3 is 2.44 bits per heavy atom. The van der Waals surface area contributed by atoms with Crippen LogP contribution in [0.15, 0.2) is 36.4 Å². The number of hydrogen-bond acceptors (Lipinski definition) is 3. The SMILES string of the molecule is Cc1cccc(-c2ccc(F)c(Cl)c2)c1NC(=O)OC(=O)C(F)(F)F. The van der Waals surface area contributed by atoms with Gasteiger partial charge in [0, 0.05) is 5.56 Å². The lowest BCUT2D eigenvalue weighted by molar-refractivity contribution is -0.192. The number of para-hydroxylation sites is 1. The van der Waals surface area contributed by atoms with Crippen molar-refractivity contribution in [3.8, 4) is 11.1 Å². The number of anilines is 1. The van der Waals surface area contributed by atoms with Crippen LogP contribution in [0.1, 0.15) is 5.56 Å². The van der Waals surface area contributed by atoms with Gasteiger partial charge >= 0.3 is 18.2 Å². The van der Waals surface area contributed by atoms with Gasteiger partial charge in [-0.05, 0) is 30.2 Å². The summed E-state index contributed by atoms with van der Waals surface area (Å²) in [4.78, 5) is 22.3. The third-order valence-corrected chi connectivity index (χ3v) is 3.44. The van der Waals surface area contributed by atoms with Crippen molar-refractivity contribution in [1.82, 2.24) is 0 Å². The number of benzene rings is 2. The zero-order valence-corrected chi connectivity index (χ0v) is 13.3. The molecular formula is C16H10ClF4NO3. The molecular weight excluding hydrogens is 366 g/mol. The number of alkyl halides is 3. The van der Waals surface area contributed by atoms with Crippen molar-refractivity contribution in [2.75, 3.05) is 5.32 Å². The summed E-state index contributed by atoms with van der Waals surface area (Å²) in [6.07, 6.45) is -6.89. The lowest BCUT2D eigenvalue weighted by Crippen LogP contribution is -2.30. The predicted octanol–water partition coefficient (Wildman–Crippen LogP) is 5.09. The second kappa shape index (κ2) is 7.10. The zero-order valence-electron chi connectivity index (χ0n) is 12.6. The molecule has 0 aliphatic heterocycles. The van der Waals surface area contributed by atoms with Crippen LogP contribution in [-0.2, 0) is 9.53 Å². The van der Waals surface area contributed by atoms with E-state index in [4.69, 9.17) is 11.6 Å². The van der Waals surface area contributed by atoms with Crippen molar-refractivity contribution in [2.45, 2.75) is 13.1 Å². The van der Waals surface area contributed by atoms with E-state index in [-0.39, 0.29) is 10.7 Å². The number of carbonyl (C=O) groups excluding carboxylic acids is 2. The van der Waals surface area contributed by atoms with Crippen LogP contribution < -0.4 is 5.32 Å². The van der Waals surface area contributed by atoms with Crippen LogP contribution in [-0.4, -0.2) is 18.2 Å². The van der Waals surface area contributed by atoms with Crippen molar-refractivity contribution in [1.29, 1.82) is 0 Å². The first kappa shape index (κ1) is 18.7. The molecule has 0 heterocycles. The highest BCUT2D eigenvalue weighted by Gasteiger charge is 2.42. The van der Waals surface area contributed by atoms with Gasteiger partial charge in [0.15, 0.2) is 0 Å². The first-order chi connectivity index (χ1) is 11.6. The number of rotatable bonds is 2. The Balaban J connectivity index is 2.34. The molecule has 132 valence electrons. The van der Waals surface area contributed by atoms with Gasteiger partial charge in [-0.2, -0.15) is 13.2 Å². The molecule has 0 atom stereocenters. The van der Waals surface area contributed by atoms with Gasteiger partial charge in [0.05, 0.1) is 10.7 Å². The summed E-state index contributed by atoms with van der Waals surface area (Å²) in [5.41, 5.74) is 1.35. The van der Waals surface area contributed by atoms with Crippen molar-refractivity contribution in [3.05, 3.63) is 52.8 Å². The topological polar surface area (TPSA) is 55.4 Å². The molecule has 0 saturated heterocycles. The van der Waals surface area contributed by atoms with Gasteiger partial charge in [0.25, 0.3) is 0 Å². The summed E-state index contributed by atoms with van der Waals surface area (Å²) < 4.78 is 53.4. The number of esters is 1. The molecule has 0 radical (unpaired) electrons. The summed E-state index contributed by atoms with van der Waals surface area (Å²) in [5, 5.41) is 1.93. The molecule has 1 amide bonds. The normalized spacial score (nSPS) is 11.1. The first-order valence-corrected chi connectivity index (χ1v) is 7.12. The summed E-state index contributed by atoms with van der Waals surface area (Å²) in [6.45, 7) is 1.58. The number of halogens is 5. The largest absolute Gasteiger partial charge is 0.491 e. The van der Waals surface area contributed by atoms with E-state index < -0.39 is 24.1 Å². The Morgan fingerprint density at radius 2 is 1.84 bits per heavy atom. The van der Waals surface area contributed by atoms with Gasteiger partial charge in [-0.15, -0.1) is 0 Å². The highest BCUT2D eigenvalue weighted by molar-refractivity contribution is 6.31. The molecule has 0 spiro atoms. The van der Waals surface area contributed by atoms with Gasteiger partial charge in [-0.3, -0.25) is 5.32 Å². The van der Waals surface area contributed by atoms with E-state index in [0.717, 1.165) is 6.07 Å². The molecule has 0 bridgehead atoms. The fraction of sp³-hybridized carbons (Fsp3) is 0.125. The second-order valence-electron chi connectivity index (χ2n) is 4.93. The highest BCUT2D eigenvalue weighted by atomic mass is 35.5. The zero-order chi connectivity index (χ0) is 18.8. The van der Waals surface area contributed by atoms with E-state index in [0.29, 0.717) is 16.7 Å². The van der Waals surface area contributed by atoms with E-state index in [1.807, 2.05) is 0 Å². The summed E-state index contributed by atoms with van der Waals surface area (Å²) in [6, 6.07) is 8.53. The second-order valence-corrected chi connectivity index (χ2v) is 5.33. The van der Waals surface area contributed by atoms with Crippen LogP contribution in [0, 0.1) is 12.7 Å². The number of aryl methyl sites for hydroxylation is 1. The fourth-order valence-corrected chi connectivity index (χ4v) is 2.19. The maximum Gasteiger partial charge on any atom is 0.491 e. The van der Waals surface area contributed by atoms with Crippen molar-refractivity contribution < 1.29 is 31.9 Å². The molecule has 0 fully saturated rings. The monoisotopic (exact) mass is 375 g/mol. The van der Waals surface area contributed by atoms with E-state index in [1.54, 1.807) is 19.1 Å². The van der Waals surface area contributed by atoms with E-state index in [1.165, 1.54) is 18.2 Å². The molecule has 4 nitrogen and oxygen atoms in total. The van der Waals surface area contributed by atoms with Crippen LogP contribution in [0.25, 0.3) is 11.1 Å². The van der Waals surface area contributed by atoms with Crippen molar-refractivity contribution in [3.63, 3.8) is 0 Å². The Labute approximate surface area is 144 Å². The lowest BCUT2D eigenvalue weighted by atomic mass is 10.0. The van der Waals surface area contributed by atoms with Crippen LogP contribution in [0.3, 0.4) is 0 Å². The minimum Gasteiger partial charge on any atom is -0.369 e. The van der Waals surface area contributed by atoms with Crippen LogP contribution in [0.2, 0.25) is 5.02 Å². The third kappa shape index (κ3) is 4.48. The average molecular weight is 376 g/mol. The molecule has 0 aliphatic carbocycles. The third-order valence-electron chi connectivity index (χ3n) is 3.15. The minimum atomic E-state index is -5.30. The van der Waals surface area contributed by atoms with Crippen LogP contribution in [0.4, 0.5) is 28.0 Å². The van der Waals surface area contributed by atoms with Crippen LogP contribution >= 0.6 is 11.6 Å². The quantitative estimate of drug-likeness (QED) is 0.452. The smallest absolute Gasteiger partial charge is 0.369 e. The van der Waals surface area contributed by atoms with E-state index in [9.17, 15) is 27.2 Å². The first-order valence-electron chi connectivity index (χ1n) is 6.74. The Hall–Kier alpha value is -2.61. The number of hydrogen-bond donors (Lipinski definition) is 1. The Kier molecular flexibility index (Phi) is 5.32. The maximum absolute atomic E-state index is 13.3. The van der Waals surface area contributed by atoms with Crippen molar-refractivity contribution >= 4 is 29.4 Å². The van der Waals surface area contributed by atoms with Crippen LogP contribution in [0.5, 0.6) is 0 Å². The summed E-state index contributed by atoms with van der Waals surface area (Å²) in [7, 11) is 0. The van der Waals surface area contributed by atoms with Gasteiger partial charge < -0.3 is 4.74 Å². The molecule has 25 heavy (non-hydrogen) atoms. The lowest BCUT2D eigenvalue weighted by Gasteiger charge is -2.14. The standard InChI is InChI=1S/C16H10ClF4NO3/c1-8-3-2-4-10(9-5-6-12(18)11(17)7-9)13(8)22-15(24)25-14(23)16(19,20)21/h2-7H,1H3,(H,22,24). The number of carbonyl (C=O) groups is 2. The molecule has 2 rings (SSSR count). The van der Waals surface area contributed by atoms with E-state index >= 15 is 0 Å². The van der Waals surface area contributed by atoms with E-state index in [2.05, 4.69) is 10.1 Å². The molecule has 0 aliphatic rings. The van der Waals surface area contributed by atoms with Gasteiger partial charge in [0.1, 0.15) is 5.82 Å². The number of ether oxygens (including phenoxy) is 1. The molecule has 9 heteroatoms. The molecule has 0 saturated carbocycles. The van der Waals surface area contributed by atoms with Gasteiger partial charge in [-0.25, -0.2) is 14.0 Å². The predicted molar refractivity (Wildman–Crippen MR) is 82.7 cm³/mol. The maximum atomic E-state index is 13.3. The number of nitrogens with one attached hydrogen (secondary N) is 1. The molecule has 2 aromatic rings. The summed E-state index contributed by atoms with van der Waals surface area (Å²) >= 11 is 5.72. The Morgan fingerprint density at radius 1 is 1.16 bits per heavy atom. The van der Waals surface area contributed by atoms with Crippen molar-refractivity contribution in [2.24, 2.45) is 0 Å². The summed E-state index contributed by atoms with van der Waals surface area (Å²) in [5.74, 6) is -3.28. The van der Waals surface area contributed by atoms with Gasteiger partial charge in [-0.1, -0.05) is 35.9 Å². The van der Waals surface area contributed by atoms with Gasteiger partial charge in [0.2, 0.25) is 0 Å². The highest BCUT2D eigenvalue weighted by Crippen LogP contribution is 2.33. The fourth-order valence-electron chi connectivity index (χ4n) is 2.01. The molecule has 0 aromatic heterocycles.